The molecule has 0 bridgehead atoms. The molecular weight excluding hydrogens is 285 g/mol. The molecule has 0 N–H and O–H groups in total. The molecule has 1 rings (SSSR count). The first-order chi connectivity index (χ1) is 6.56. The molecule has 0 unspecified atom stereocenters. The van der Waals surface area contributed by atoms with E-state index in [0.29, 0.717) is 10.0 Å². The lowest BCUT2D eigenvalue weighted by molar-refractivity contribution is 0.628. The van der Waals surface area contributed by atoms with Gasteiger partial charge in [-0.15, -0.1) is 11.8 Å². The van der Waals surface area contributed by atoms with E-state index in [-0.39, 0.29) is 5.82 Å². The standard InChI is InChI=1S/C9H9BrFNS2/c1-12(9(13)14-2)8-4-3-6(10)5-7(8)11/h3-5H,1-2H3. The Hall–Kier alpha value is -0.130. The number of thioether (sulfide) groups is 1. The summed E-state index contributed by atoms with van der Waals surface area (Å²) in [5, 5.41) is 0. The van der Waals surface area contributed by atoms with E-state index in [4.69, 9.17) is 12.2 Å². The molecule has 0 aliphatic rings. The van der Waals surface area contributed by atoms with Gasteiger partial charge in [-0.3, -0.25) is 0 Å². The Labute approximate surface area is 101 Å². The molecule has 5 heteroatoms. The van der Waals surface area contributed by atoms with Gasteiger partial charge >= 0.3 is 0 Å². The topological polar surface area (TPSA) is 3.24 Å². The third-order valence-corrected chi connectivity index (χ3v) is 3.61. The Morgan fingerprint density at radius 3 is 2.71 bits per heavy atom. The molecular formula is C9H9BrFNS2. The molecule has 76 valence electrons. The van der Waals surface area contributed by atoms with Crippen LogP contribution in [0, 0.1) is 5.82 Å². The molecule has 0 saturated carbocycles. The molecule has 0 atom stereocenters. The van der Waals surface area contributed by atoms with Gasteiger partial charge in [0.1, 0.15) is 10.1 Å². The van der Waals surface area contributed by atoms with Crippen molar-refractivity contribution in [2.24, 2.45) is 0 Å². The number of benzene rings is 1. The SMILES string of the molecule is CSC(=S)N(C)c1ccc(Br)cc1F. The predicted octanol–water partition coefficient (Wildman–Crippen LogP) is 3.67. The highest BCUT2D eigenvalue weighted by atomic mass is 79.9. The molecule has 0 aliphatic heterocycles. The Morgan fingerprint density at radius 2 is 2.21 bits per heavy atom. The summed E-state index contributed by atoms with van der Waals surface area (Å²) in [5.41, 5.74) is 0.493. The van der Waals surface area contributed by atoms with Crippen LogP contribution in [-0.2, 0) is 0 Å². The van der Waals surface area contributed by atoms with Crippen molar-refractivity contribution in [2.45, 2.75) is 0 Å². The highest BCUT2D eigenvalue weighted by Gasteiger charge is 2.10. The Balaban J connectivity index is 3.01. The Morgan fingerprint density at radius 1 is 1.57 bits per heavy atom. The highest BCUT2D eigenvalue weighted by molar-refractivity contribution is 9.10. The third-order valence-electron chi connectivity index (χ3n) is 1.72. The van der Waals surface area contributed by atoms with Gasteiger partial charge in [0.25, 0.3) is 0 Å². The third kappa shape index (κ3) is 2.68. The van der Waals surface area contributed by atoms with E-state index in [1.165, 1.54) is 17.8 Å². The molecule has 14 heavy (non-hydrogen) atoms. The molecule has 0 aromatic heterocycles. The first kappa shape index (κ1) is 11.9. The van der Waals surface area contributed by atoms with Gasteiger partial charge in [0, 0.05) is 11.5 Å². The Bertz CT molecular complexity index is 357. The van der Waals surface area contributed by atoms with Crippen molar-refractivity contribution in [3.63, 3.8) is 0 Å². The van der Waals surface area contributed by atoms with Crippen LogP contribution in [0.3, 0.4) is 0 Å². The van der Waals surface area contributed by atoms with Gasteiger partial charge < -0.3 is 4.90 Å². The molecule has 1 aromatic rings. The maximum Gasteiger partial charge on any atom is 0.147 e. The summed E-state index contributed by atoms with van der Waals surface area (Å²) >= 11 is 9.69. The molecule has 1 nitrogen and oxygen atoms in total. The zero-order chi connectivity index (χ0) is 10.7. The molecule has 1 aromatic carbocycles. The predicted molar refractivity (Wildman–Crippen MR) is 68.6 cm³/mol. The number of thiocarbonyl (C=S) groups is 1. The van der Waals surface area contributed by atoms with E-state index in [9.17, 15) is 4.39 Å². The second-order valence-electron chi connectivity index (χ2n) is 2.62. The second kappa shape index (κ2) is 5.09. The number of anilines is 1. The first-order valence-corrected chi connectivity index (χ1v) is 6.25. The first-order valence-electron chi connectivity index (χ1n) is 3.83. The largest absolute Gasteiger partial charge is 0.328 e. The number of hydrogen-bond acceptors (Lipinski definition) is 2. The quantitative estimate of drug-likeness (QED) is 0.728. The molecule has 0 radical (unpaired) electrons. The molecule has 0 spiro atoms. The van der Waals surface area contributed by atoms with Crippen LogP contribution in [0.4, 0.5) is 10.1 Å². The van der Waals surface area contributed by atoms with Gasteiger partial charge in [0.15, 0.2) is 0 Å². The Kier molecular flexibility index (Phi) is 4.34. The zero-order valence-corrected chi connectivity index (χ0v) is 11.0. The highest BCUT2D eigenvalue weighted by Crippen LogP contribution is 2.24. The lowest BCUT2D eigenvalue weighted by Crippen LogP contribution is -2.22. The van der Waals surface area contributed by atoms with Gasteiger partial charge in [-0.25, -0.2) is 4.39 Å². The van der Waals surface area contributed by atoms with Crippen molar-refractivity contribution in [2.75, 3.05) is 18.2 Å². The van der Waals surface area contributed by atoms with Crippen molar-refractivity contribution in [3.05, 3.63) is 28.5 Å². The van der Waals surface area contributed by atoms with Crippen molar-refractivity contribution < 1.29 is 4.39 Å². The molecule has 0 fully saturated rings. The number of nitrogens with zero attached hydrogens (tertiary/aromatic N) is 1. The fourth-order valence-electron chi connectivity index (χ4n) is 0.989. The summed E-state index contributed by atoms with van der Waals surface area (Å²) < 4.78 is 14.8. The van der Waals surface area contributed by atoms with Gasteiger partial charge in [-0.2, -0.15) is 0 Å². The fourth-order valence-corrected chi connectivity index (χ4v) is 1.79. The van der Waals surface area contributed by atoms with E-state index < -0.39 is 0 Å². The normalized spacial score (nSPS) is 10.0. The molecule has 0 amide bonds. The van der Waals surface area contributed by atoms with E-state index >= 15 is 0 Å². The number of rotatable bonds is 1. The van der Waals surface area contributed by atoms with E-state index in [1.807, 2.05) is 6.26 Å². The van der Waals surface area contributed by atoms with Crippen LogP contribution < -0.4 is 4.90 Å². The van der Waals surface area contributed by atoms with E-state index in [2.05, 4.69) is 15.9 Å². The van der Waals surface area contributed by atoms with Crippen LogP contribution in [0.15, 0.2) is 22.7 Å². The minimum Gasteiger partial charge on any atom is -0.328 e. The lowest BCUT2D eigenvalue weighted by atomic mass is 10.3. The van der Waals surface area contributed by atoms with Crippen LogP contribution in [0.25, 0.3) is 0 Å². The molecule has 0 aliphatic carbocycles. The maximum absolute atomic E-state index is 13.5. The van der Waals surface area contributed by atoms with Crippen LogP contribution in [0.1, 0.15) is 0 Å². The fraction of sp³-hybridized carbons (Fsp3) is 0.222. The summed E-state index contributed by atoms with van der Waals surface area (Å²) in [6.07, 6.45) is 1.87. The summed E-state index contributed by atoms with van der Waals surface area (Å²) in [6, 6.07) is 4.91. The van der Waals surface area contributed by atoms with E-state index in [0.717, 1.165) is 4.47 Å². The van der Waals surface area contributed by atoms with Crippen molar-refractivity contribution in [1.82, 2.24) is 0 Å². The lowest BCUT2D eigenvalue weighted by Gasteiger charge is -2.19. The average Bonchev–Trinajstić information content (AvgIpc) is 2.15. The van der Waals surface area contributed by atoms with Gasteiger partial charge in [0.2, 0.25) is 0 Å². The zero-order valence-electron chi connectivity index (χ0n) is 7.75. The van der Waals surface area contributed by atoms with Crippen LogP contribution in [0.5, 0.6) is 0 Å². The van der Waals surface area contributed by atoms with Gasteiger partial charge in [-0.05, 0) is 24.5 Å². The van der Waals surface area contributed by atoms with Crippen LogP contribution in [-0.4, -0.2) is 17.6 Å². The average molecular weight is 294 g/mol. The van der Waals surface area contributed by atoms with E-state index in [1.54, 1.807) is 24.1 Å². The summed E-state index contributed by atoms with van der Waals surface area (Å²) in [4.78, 5) is 1.65. The van der Waals surface area contributed by atoms with Crippen molar-refractivity contribution in [3.8, 4) is 0 Å². The second-order valence-corrected chi connectivity index (χ2v) is 4.98. The summed E-state index contributed by atoms with van der Waals surface area (Å²) in [5.74, 6) is -0.279. The monoisotopic (exact) mass is 293 g/mol. The van der Waals surface area contributed by atoms with Crippen molar-refractivity contribution in [1.29, 1.82) is 0 Å². The van der Waals surface area contributed by atoms with Gasteiger partial charge in [0.05, 0.1) is 5.69 Å². The summed E-state index contributed by atoms with van der Waals surface area (Å²) in [7, 11) is 1.76. The van der Waals surface area contributed by atoms with Crippen LogP contribution >= 0.6 is 39.9 Å². The minimum atomic E-state index is -0.279. The summed E-state index contributed by atoms with van der Waals surface area (Å²) in [6.45, 7) is 0. The minimum absolute atomic E-state index is 0.279. The number of hydrogen-bond donors (Lipinski definition) is 0. The van der Waals surface area contributed by atoms with Crippen molar-refractivity contribution >= 4 is 49.9 Å². The molecule has 0 saturated heterocycles. The van der Waals surface area contributed by atoms with Crippen LogP contribution in [0.2, 0.25) is 0 Å². The smallest absolute Gasteiger partial charge is 0.147 e. The maximum atomic E-state index is 13.5. The van der Waals surface area contributed by atoms with Gasteiger partial charge in [-0.1, -0.05) is 28.1 Å². The number of halogens is 2. The molecule has 0 heterocycles.